The fourth-order valence-corrected chi connectivity index (χ4v) is 4.24. The summed E-state index contributed by atoms with van der Waals surface area (Å²) in [5, 5.41) is 10.2. The van der Waals surface area contributed by atoms with Gasteiger partial charge in [-0.05, 0) is 59.7 Å². The zero-order chi connectivity index (χ0) is 19.8. The van der Waals surface area contributed by atoms with Crippen LogP contribution < -0.4 is 15.5 Å². The predicted molar refractivity (Wildman–Crippen MR) is 116 cm³/mol. The van der Waals surface area contributed by atoms with Gasteiger partial charge < -0.3 is 20.3 Å². The minimum Gasteiger partial charge on any atom is -0.378 e. The number of nitrogens with one attached hydrogen (secondary N) is 2. The van der Waals surface area contributed by atoms with E-state index >= 15 is 0 Å². The number of anilines is 2. The molecule has 1 aliphatic heterocycles. The van der Waals surface area contributed by atoms with Gasteiger partial charge in [0.1, 0.15) is 0 Å². The number of ether oxygens (including phenoxy) is 1. The van der Waals surface area contributed by atoms with Crippen LogP contribution in [0.2, 0.25) is 0 Å². The highest BCUT2D eigenvalue weighted by Crippen LogP contribution is 2.22. The molecule has 2 heterocycles. The van der Waals surface area contributed by atoms with Crippen molar-refractivity contribution in [2.24, 2.45) is 0 Å². The molecule has 1 aromatic heterocycles. The molecular formula is C21H30N4O2S. The second-order valence-electron chi connectivity index (χ2n) is 6.78. The van der Waals surface area contributed by atoms with Gasteiger partial charge in [-0.15, -0.1) is 0 Å². The fraction of sp³-hybridized carbons (Fsp3) is 0.476. The summed E-state index contributed by atoms with van der Waals surface area (Å²) in [6.07, 6.45) is 0. The van der Waals surface area contributed by atoms with Gasteiger partial charge in [0.05, 0.1) is 19.3 Å². The number of hydrogen-bond donors (Lipinski definition) is 2. The van der Waals surface area contributed by atoms with E-state index in [1.807, 2.05) is 24.3 Å². The number of rotatable bonds is 8. The van der Waals surface area contributed by atoms with Gasteiger partial charge in [0.25, 0.3) is 0 Å². The number of urea groups is 1. The molecule has 1 aromatic carbocycles. The molecule has 1 fully saturated rings. The summed E-state index contributed by atoms with van der Waals surface area (Å²) in [5.41, 5.74) is 3.21. The van der Waals surface area contributed by atoms with Crippen molar-refractivity contribution in [1.29, 1.82) is 0 Å². The van der Waals surface area contributed by atoms with E-state index in [-0.39, 0.29) is 12.1 Å². The Labute approximate surface area is 171 Å². The lowest BCUT2D eigenvalue weighted by Gasteiger charge is -2.29. The number of likely N-dealkylation sites (N-methyl/N-ethyl adjacent to an activating group) is 1. The molecule has 0 spiro atoms. The van der Waals surface area contributed by atoms with Crippen molar-refractivity contribution in [1.82, 2.24) is 10.2 Å². The quantitative estimate of drug-likeness (QED) is 0.705. The van der Waals surface area contributed by atoms with Crippen molar-refractivity contribution in [2.45, 2.75) is 19.9 Å². The van der Waals surface area contributed by atoms with E-state index in [9.17, 15) is 4.79 Å². The first-order valence-corrected chi connectivity index (χ1v) is 10.9. The fourth-order valence-electron chi connectivity index (χ4n) is 3.53. The molecule has 1 aliphatic rings. The number of carbonyl (C=O) groups is 1. The number of thiophene rings is 1. The van der Waals surface area contributed by atoms with Crippen LogP contribution in [0.3, 0.4) is 0 Å². The summed E-state index contributed by atoms with van der Waals surface area (Å²) in [6, 6.07) is 10.1. The largest absolute Gasteiger partial charge is 0.378 e. The first-order chi connectivity index (χ1) is 13.7. The average Bonchev–Trinajstić information content (AvgIpc) is 3.27. The zero-order valence-corrected chi connectivity index (χ0v) is 17.5. The number of morpholine rings is 1. The maximum atomic E-state index is 12.4. The lowest BCUT2D eigenvalue weighted by Crippen LogP contribution is -2.39. The van der Waals surface area contributed by atoms with E-state index in [0.29, 0.717) is 6.54 Å². The Morgan fingerprint density at radius 1 is 1.18 bits per heavy atom. The number of benzene rings is 1. The molecule has 2 N–H and O–H groups in total. The van der Waals surface area contributed by atoms with E-state index in [1.54, 1.807) is 11.3 Å². The summed E-state index contributed by atoms with van der Waals surface area (Å²) in [5.74, 6) is 0. The van der Waals surface area contributed by atoms with Crippen LogP contribution in [0.4, 0.5) is 16.2 Å². The van der Waals surface area contributed by atoms with Crippen LogP contribution in [-0.2, 0) is 4.74 Å². The molecule has 0 bridgehead atoms. The first-order valence-electron chi connectivity index (χ1n) is 9.95. The molecule has 1 saturated heterocycles. The Morgan fingerprint density at radius 3 is 2.50 bits per heavy atom. The van der Waals surface area contributed by atoms with E-state index in [4.69, 9.17) is 4.74 Å². The van der Waals surface area contributed by atoms with Crippen molar-refractivity contribution < 1.29 is 9.53 Å². The Bertz CT molecular complexity index is 711. The van der Waals surface area contributed by atoms with Gasteiger partial charge in [-0.3, -0.25) is 4.90 Å². The molecule has 0 unspecified atom stereocenters. The van der Waals surface area contributed by atoms with Crippen LogP contribution in [0.15, 0.2) is 41.1 Å². The standard InChI is InChI=1S/C21H30N4O2S/c1-3-24(4-2)20(17-9-14-28-16-17)15-22-21(26)23-18-5-7-19(8-6-18)25-10-12-27-13-11-25/h5-9,14,16,20H,3-4,10-13,15H2,1-2H3,(H2,22,23,26)/t20-/m0/s1. The number of hydrogen-bond acceptors (Lipinski definition) is 5. The van der Waals surface area contributed by atoms with Gasteiger partial charge in [0.15, 0.2) is 0 Å². The van der Waals surface area contributed by atoms with Crippen LogP contribution in [0.1, 0.15) is 25.5 Å². The number of carbonyl (C=O) groups excluding carboxylic acids is 1. The van der Waals surface area contributed by atoms with Crippen molar-refractivity contribution >= 4 is 28.7 Å². The van der Waals surface area contributed by atoms with Crippen LogP contribution in [0.5, 0.6) is 0 Å². The van der Waals surface area contributed by atoms with Crippen LogP contribution >= 0.6 is 11.3 Å². The summed E-state index contributed by atoms with van der Waals surface area (Å²) >= 11 is 1.69. The highest BCUT2D eigenvalue weighted by atomic mass is 32.1. The molecular weight excluding hydrogens is 372 g/mol. The summed E-state index contributed by atoms with van der Waals surface area (Å²) < 4.78 is 5.39. The zero-order valence-electron chi connectivity index (χ0n) is 16.7. The highest BCUT2D eigenvalue weighted by molar-refractivity contribution is 7.07. The molecule has 0 aliphatic carbocycles. The maximum absolute atomic E-state index is 12.4. The predicted octanol–water partition coefficient (Wildman–Crippen LogP) is 3.79. The van der Waals surface area contributed by atoms with Gasteiger partial charge in [0.2, 0.25) is 0 Å². The monoisotopic (exact) mass is 402 g/mol. The molecule has 152 valence electrons. The van der Waals surface area contributed by atoms with Gasteiger partial charge >= 0.3 is 6.03 Å². The molecule has 2 aromatic rings. The molecule has 3 rings (SSSR count). The minimum absolute atomic E-state index is 0.175. The Kier molecular flexibility index (Phi) is 7.71. The molecule has 0 radical (unpaired) electrons. The molecule has 0 saturated carbocycles. The topological polar surface area (TPSA) is 56.8 Å². The lowest BCUT2D eigenvalue weighted by atomic mass is 10.1. The maximum Gasteiger partial charge on any atom is 0.319 e. The molecule has 2 amide bonds. The van der Waals surface area contributed by atoms with Gasteiger partial charge in [-0.25, -0.2) is 4.79 Å². The molecule has 28 heavy (non-hydrogen) atoms. The van der Waals surface area contributed by atoms with Gasteiger partial charge in [0, 0.05) is 31.0 Å². The van der Waals surface area contributed by atoms with E-state index < -0.39 is 0 Å². The van der Waals surface area contributed by atoms with Crippen molar-refractivity contribution in [3.05, 3.63) is 46.7 Å². The summed E-state index contributed by atoms with van der Waals surface area (Å²) in [7, 11) is 0. The first kappa shape index (κ1) is 20.6. The minimum atomic E-state index is -0.175. The van der Waals surface area contributed by atoms with Crippen LogP contribution in [0, 0.1) is 0 Å². The normalized spacial score (nSPS) is 15.5. The summed E-state index contributed by atoms with van der Waals surface area (Å²) in [6.45, 7) is 10.1. The lowest BCUT2D eigenvalue weighted by molar-refractivity contribution is 0.122. The van der Waals surface area contributed by atoms with Gasteiger partial charge in [-0.2, -0.15) is 11.3 Å². The average molecular weight is 403 g/mol. The smallest absolute Gasteiger partial charge is 0.319 e. The highest BCUT2D eigenvalue weighted by Gasteiger charge is 2.19. The Balaban J connectivity index is 1.54. The third-order valence-electron chi connectivity index (χ3n) is 5.14. The second-order valence-corrected chi connectivity index (χ2v) is 7.56. The second kappa shape index (κ2) is 10.5. The van der Waals surface area contributed by atoms with Crippen LogP contribution in [0.25, 0.3) is 0 Å². The van der Waals surface area contributed by atoms with E-state index in [0.717, 1.165) is 50.8 Å². The number of nitrogens with zero attached hydrogens (tertiary/aromatic N) is 2. The number of amides is 2. The SMILES string of the molecule is CCN(CC)[C@@H](CNC(=O)Nc1ccc(N2CCOCC2)cc1)c1ccsc1. The molecule has 1 atom stereocenters. The van der Waals surface area contributed by atoms with Crippen molar-refractivity contribution in [3.63, 3.8) is 0 Å². The Hall–Kier alpha value is -2.09. The van der Waals surface area contributed by atoms with Crippen molar-refractivity contribution in [2.75, 3.05) is 56.2 Å². The van der Waals surface area contributed by atoms with E-state index in [1.165, 1.54) is 5.56 Å². The molecule has 7 heteroatoms. The third kappa shape index (κ3) is 5.47. The third-order valence-corrected chi connectivity index (χ3v) is 5.84. The Morgan fingerprint density at radius 2 is 1.89 bits per heavy atom. The van der Waals surface area contributed by atoms with Gasteiger partial charge in [-0.1, -0.05) is 13.8 Å². The summed E-state index contributed by atoms with van der Waals surface area (Å²) in [4.78, 5) is 17.1. The van der Waals surface area contributed by atoms with Crippen LogP contribution in [-0.4, -0.2) is 56.9 Å². The van der Waals surface area contributed by atoms with E-state index in [2.05, 4.69) is 51.1 Å². The van der Waals surface area contributed by atoms with Crippen molar-refractivity contribution in [3.8, 4) is 0 Å². The molecule has 6 nitrogen and oxygen atoms in total.